The molecule has 168 valence electrons. The van der Waals surface area contributed by atoms with Gasteiger partial charge in [0.25, 0.3) is 0 Å². The van der Waals surface area contributed by atoms with E-state index in [4.69, 9.17) is 11.6 Å². The smallest absolute Gasteiger partial charge is 0.417 e. The summed E-state index contributed by atoms with van der Waals surface area (Å²) in [5.41, 5.74) is 1.28. The molecular formula is C22H14ClF3N4O3. The Morgan fingerprint density at radius 3 is 2.21 bits per heavy atom. The minimum Gasteiger partial charge on any atom is -0.476 e. The Morgan fingerprint density at radius 2 is 1.55 bits per heavy atom. The molecule has 0 saturated carbocycles. The Labute approximate surface area is 189 Å². The normalized spacial score (nSPS) is 11.4. The summed E-state index contributed by atoms with van der Waals surface area (Å²) in [6.45, 7) is 0. The lowest BCUT2D eigenvalue weighted by Crippen LogP contribution is -2.19. The number of nitrogens with one attached hydrogen (secondary N) is 3. The maximum absolute atomic E-state index is 13.0. The number of alkyl halides is 3. The first-order valence-corrected chi connectivity index (χ1v) is 9.76. The molecule has 0 unspecified atom stereocenters. The molecule has 0 bridgehead atoms. The molecule has 4 N–H and O–H groups in total. The molecule has 3 aromatic carbocycles. The standard InChI is InChI=1S/C22H14ClF3N4O3/c23-17-7-6-14(10-16(17)22(24,25)26)28-21(33)27-13-4-1-11(2-5-13)12-3-8-18-15(9-12)19(20(31)32)30-29-18/h1-10H,(H,29,30)(H,31,32)(H2,27,28,33). The van der Waals surface area contributed by atoms with Gasteiger partial charge in [0.1, 0.15) is 0 Å². The largest absolute Gasteiger partial charge is 0.476 e. The van der Waals surface area contributed by atoms with Gasteiger partial charge < -0.3 is 15.7 Å². The fourth-order valence-corrected chi connectivity index (χ4v) is 3.44. The van der Waals surface area contributed by atoms with Gasteiger partial charge in [-0.15, -0.1) is 0 Å². The number of carboxylic acid groups (broad SMARTS) is 1. The van der Waals surface area contributed by atoms with Crippen molar-refractivity contribution in [3.05, 3.63) is 76.9 Å². The molecule has 0 radical (unpaired) electrons. The number of anilines is 2. The third-order valence-corrected chi connectivity index (χ3v) is 5.10. The summed E-state index contributed by atoms with van der Waals surface area (Å²) in [5, 5.41) is 20.5. The predicted octanol–water partition coefficient (Wildman–Crippen LogP) is 6.24. The molecule has 0 aliphatic heterocycles. The molecule has 0 aliphatic carbocycles. The van der Waals surface area contributed by atoms with Crippen LogP contribution in [0.2, 0.25) is 5.02 Å². The van der Waals surface area contributed by atoms with Gasteiger partial charge in [0.2, 0.25) is 0 Å². The SMILES string of the molecule is O=C(Nc1ccc(-c2ccc3[nH]nc(C(=O)O)c3c2)cc1)Nc1ccc(Cl)c(C(F)(F)F)c1. The summed E-state index contributed by atoms with van der Waals surface area (Å²) in [7, 11) is 0. The van der Waals surface area contributed by atoms with E-state index in [0.717, 1.165) is 23.3 Å². The number of carbonyl (C=O) groups excluding carboxylic acids is 1. The van der Waals surface area contributed by atoms with Crippen molar-refractivity contribution < 1.29 is 27.9 Å². The van der Waals surface area contributed by atoms with Crippen molar-refractivity contribution in [3.8, 4) is 11.1 Å². The minimum absolute atomic E-state index is 0.0662. The first-order valence-electron chi connectivity index (χ1n) is 9.38. The van der Waals surface area contributed by atoms with Crippen LogP contribution in [0, 0.1) is 0 Å². The highest BCUT2D eigenvalue weighted by molar-refractivity contribution is 6.31. The molecule has 4 aromatic rings. The summed E-state index contributed by atoms with van der Waals surface area (Å²) < 4.78 is 38.9. The first-order chi connectivity index (χ1) is 15.6. The van der Waals surface area contributed by atoms with Gasteiger partial charge in [0, 0.05) is 16.8 Å². The van der Waals surface area contributed by atoms with Crippen LogP contribution in [0.15, 0.2) is 60.7 Å². The average molecular weight is 475 g/mol. The van der Waals surface area contributed by atoms with Gasteiger partial charge in [-0.25, -0.2) is 9.59 Å². The fraction of sp³-hybridized carbons (Fsp3) is 0.0455. The lowest BCUT2D eigenvalue weighted by molar-refractivity contribution is -0.137. The number of halogens is 4. The second-order valence-electron chi connectivity index (χ2n) is 6.99. The maximum atomic E-state index is 13.0. The molecule has 0 aliphatic rings. The zero-order chi connectivity index (χ0) is 23.8. The monoisotopic (exact) mass is 474 g/mol. The summed E-state index contributed by atoms with van der Waals surface area (Å²) in [5.74, 6) is -1.15. The number of rotatable bonds is 4. The van der Waals surface area contributed by atoms with Crippen molar-refractivity contribution >= 4 is 45.9 Å². The molecule has 33 heavy (non-hydrogen) atoms. The van der Waals surface area contributed by atoms with Crippen molar-refractivity contribution in [3.63, 3.8) is 0 Å². The van der Waals surface area contributed by atoms with Gasteiger partial charge in [-0.2, -0.15) is 18.3 Å². The highest BCUT2D eigenvalue weighted by Gasteiger charge is 2.33. The van der Waals surface area contributed by atoms with Gasteiger partial charge >= 0.3 is 18.2 Å². The Hall–Kier alpha value is -4.05. The van der Waals surface area contributed by atoms with Gasteiger partial charge in [-0.3, -0.25) is 5.10 Å². The number of H-pyrrole nitrogens is 1. The van der Waals surface area contributed by atoms with Crippen LogP contribution in [-0.4, -0.2) is 27.3 Å². The van der Waals surface area contributed by atoms with E-state index in [-0.39, 0.29) is 11.4 Å². The van der Waals surface area contributed by atoms with E-state index in [1.54, 1.807) is 42.5 Å². The number of fused-ring (bicyclic) bond motifs is 1. The highest BCUT2D eigenvalue weighted by atomic mass is 35.5. The van der Waals surface area contributed by atoms with E-state index in [2.05, 4.69) is 20.8 Å². The molecule has 1 aromatic heterocycles. The fourth-order valence-electron chi connectivity index (χ4n) is 3.22. The quantitative estimate of drug-likeness (QED) is 0.280. The number of carbonyl (C=O) groups is 2. The van der Waals surface area contributed by atoms with Crippen molar-refractivity contribution in [2.75, 3.05) is 10.6 Å². The highest BCUT2D eigenvalue weighted by Crippen LogP contribution is 2.36. The number of amides is 2. The predicted molar refractivity (Wildman–Crippen MR) is 118 cm³/mol. The number of nitrogens with zero attached hydrogens (tertiary/aromatic N) is 1. The number of benzene rings is 3. The van der Waals surface area contributed by atoms with Gasteiger partial charge in [0.05, 0.1) is 16.1 Å². The number of hydrogen-bond donors (Lipinski definition) is 4. The zero-order valence-electron chi connectivity index (χ0n) is 16.5. The molecule has 2 amide bonds. The summed E-state index contributed by atoms with van der Waals surface area (Å²) in [6, 6.07) is 14.2. The molecule has 7 nitrogen and oxygen atoms in total. The lowest BCUT2D eigenvalue weighted by Gasteiger charge is -2.12. The van der Waals surface area contributed by atoms with Gasteiger partial charge in [0.15, 0.2) is 5.69 Å². The van der Waals surface area contributed by atoms with E-state index in [9.17, 15) is 27.9 Å². The molecule has 0 fully saturated rings. The number of aromatic nitrogens is 2. The van der Waals surface area contributed by atoms with E-state index in [0.29, 0.717) is 16.6 Å². The van der Waals surface area contributed by atoms with E-state index in [1.807, 2.05) is 0 Å². The molecule has 0 saturated heterocycles. The van der Waals surface area contributed by atoms with Crippen molar-refractivity contribution in [1.29, 1.82) is 0 Å². The Balaban J connectivity index is 1.48. The third-order valence-electron chi connectivity index (χ3n) is 4.77. The van der Waals surface area contributed by atoms with E-state index >= 15 is 0 Å². The van der Waals surface area contributed by atoms with E-state index < -0.39 is 28.8 Å². The molecule has 11 heteroatoms. The van der Waals surface area contributed by atoms with Crippen LogP contribution < -0.4 is 10.6 Å². The summed E-state index contributed by atoms with van der Waals surface area (Å²) in [4.78, 5) is 23.5. The number of hydrogen-bond acceptors (Lipinski definition) is 3. The summed E-state index contributed by atoms with van der Waals surface area (Å²) in [6.07, 6.45) is -4.65. The molecule has 1 heterocycles. The Bertz CT molecular complexity index is 1370. The molecule has 0 atom stereocenters. The van der Waals surface area contributed by atoms with E-state index in [1.165, 1.54) is 6.07 Å². The van der Waals surface area contributed by atoms with Crippen molar-refractivity contribution in [2.45, 2.75) is 6.18 Å². The number of urea groups is 1. The van der Waals surface area contributed by atoms with Crippen LogP contribution in [-0.2, 0) is 6.18 Å². The Morgan fingerprint density at radius 1 is 0.909 bits per heavy atom. The van der Waals surface area contributed by atoms with Crippen LogP contribution >= 0.6 is 11.6 Å². The number of aromatic carboxylic acids is 1. The average Bonchev–Trinajstić information content (AvgIpc) is 3.18. The molecule has 4 rings (SSSR count). The zero-order valence-corrected chi connectivity index (χ0v) is 17.3. The lowest BCUT2D eigenvalue weighted by atomic mass is 10.0. The topological polar surface area (TPSA) is 107 Å². The number of carboxylic acids is 1. The van der Waals surface area contributed by atoms with Crippen molar-refractivity contribution in [1.82, 2.24) is 10.2 Å². The van der Waals surface area contributed by atoms with Crippen LogP contribution in [0.1, 0.15) is 16.1 Å². The van der Waals surface area contributed by atoms with Crippen LogP contribution in [0.5, 0.6) is 0 Å². The minimum atomic E-state index is -4.65. The molecular weight excluding hydrogens is 461 g/mol. The van der Waals surface area contributed by atoms with Gasteiger partial charge in [-0.05, 0) is 53.6 Å². The number of aromatic amines is 1. The first kappa shape index (κ1) is 22.2. The van der Waals surface area contributed by atoms with Crippen LogP contribution in [0.3, 0.4) is 0 Å². The van der Waals surface area contributed by atoms with Gasteiger partial charge in [-0.1, -0.05) is 29.8 Å². The summed E-state index contributed by atoms with van der Waals surface area (Å²) >= 11 is 5.58. The third kappa shape index (κ3) is 4.75. The molecule has 0 spiro atoms. The second-order valence-corrected chi connectivity index (χ2v) is 7.39. The second kappa shape index (κ2) is 8.47. The maximum Gasteiger partial charge on any atom is 0.417 e. The Kier molecular flexibility index (Phi) is 5.69. The van der Waals surface area contributed by atoms with Crippen LogP contribution in [0.4, 0.5) is 29.3 Å². The van der Waals surface area contributed by atoms with Crippen molar-refractivity contribution in [2.24, 2.45) is 0 Å². The van der Waals surface area contributed by atoms with Crippen LogP contribution in [0.25, 0.3) is 22.0 Å².